The van der Waals surface area contributed by atoms with Gasteiger partial charge in [-0.2, -0.15) is 0 Å². The summed E-state index contributed by atoms with van der Waals surface area (Å²) in [6.45, 7) is 9.32. The third-order valence-electron chi connectivity index (χ3n) is 8.49. The van der Waals surface area contributed by atoms with Crippen LogP contribution in [0.3, 0.4) is 0 Å². The number of carbonyl (C=O) groups excluding carboxylic acids is 1. The lowest BCUT2D eigenvalue weighted by Crippen LogP contribution is -2.50. The summed E-state index contributed by atoms with van der Waals surface area (Å²) in [5.41, 5.74) is 5.95. The van der Waals surface area contributed by atoms with E-state index < -0.39 is 0 Å². The Morgan fingerprint density at radius 3 is 2.70 bits per heavy atom. The van der Waals surface area contributed by atoms with Gasteiger partial charge < -0.3 is 9.62 Å². The van der Waals surface area contributed by atoms with E-state index in [1.807, 2.05) is 12.3 Å². The molecule has 3 aliphatic carbocycles. The van der Waals surface area contributed by atoms with E-state index in [2.05, 4.69) is 52.0 Å². The van der Waals surface area contributed by atoms with Crippen molar-refractivity contribution in [3.63, 3.8) is 0 Å². The molecule has 1 amide bonds. The van der Waals surface area contributed by atoms with Crippen LogP contribution < -0.4 is 4.72 Å². The highest BCUT2D eigenvalue weighted by Crippen LogP contribution is 2.38. The normalized spacial score (nSPS) is 22.7. The molecule has 6 heteroatoms. The Morgan fingerprint density at radius 2 is 1.92 bits per heavy atom. The van der Waals surface area contributed by atoms with E-state index in [0.717, 1.165) is 75.5 Å². The number of aryl methyl sites for hydroxylation is 1. The predicted molar refractivity (Wildman–Crippen MR) is 157 cm³/mol. The summed E-state index contributed by atoms with van der Waals surface area (Å²) in [5.74, 6) is 1.13. The van der Waals surface area contributed by atoms with Crippen molar-refractivity contribution in [2.24, 2.45) is 5.92 Å². The summed E-state index contributed by atoms with van der Waals surface area (Å²) in [5, 5.41) is 2.27. The monoisotopic (exact) mass is 520 g/mol. The van der Waals surface area contributed by atoms with Crippen molar-refractivity contribution >= 4 is 26.8 Å². The first-order valence-electron chi connectivity index (χ1n) is 14.5. The van der Waals surface area contributed by atoms with Gasteiger partial charge in [0.15, 0.2) is 0 Å². The third-order valence-corrected chi connectivity index (χ3v) is 10.3. The van der Waals surface area contributed by atoms with Gasteiger partial charge in [0.1, 0.15) is 0 Å². The van der Waals surface area contributed by atoms with Crippen molar-refractivity contribution in [2.75, 3.05) is 32.7 Å². The molecule has 37 heavy (non-hydrogen) atoms. The van der Waals surface area contributed by atoms with Gasteiger partial charge in [-0.05, 0) is 93.4 Å². The van der Waals surface area contributed by atoms with E-state index >= 15 is 0 Å². The maximum absolute atomic E-state index is 13.5. The molecule has 1 aromatic heterocycles. The molecule has 2 heterocycles. The van der Waals surface area contributed by atoms with Crippen molar-refractivity contribution < 1.29 is 4.79 Å². The Hall–Kier alpha value is -2.18. The molecule has 200 valence electrons. The number of nitrogens with zero attached hydrogens (tertiary/aromatic N) is 3. The van der Waals surface area contributed by atoms with Gasteiger partial charge in [0.2, 0.25) is 5.91 Å². The van der Waals surface area contributed by atoms with E-state index in [1.165, 1.54) is 60.4 Å². The molecule has 0 radical (unpaired) electrons. The van der Waals surface area contributed by atoms with Gasteiger partial charge in [0.05, 0.1) is 5.69 Å². The fraction of sp³-hybridized carbons (Fsp3) is 0.581. The number of rotatable bonds is 6. The highest BCUT2D eigenvalue weighted by molar-refractivity contribution is 8.21. The fourth-order valence-electron chi connectivity index (χ4n) is 6.33. The minimum absolute atomic E-state index is 0.203. The topological polar surface area (TPSA) is 48.5 Å². The molecule has 5 rings (SSSR count). The molecule has 1 saturated carbocycles. The molecular weight excluding hydrogens is 476 g/mol. The molecule has 1 aromatic rings. The van der Waals surface area contributed by atoms with Crippen LogP contribution in [0.4, 0.5) is 0 Å². The van der Waals surface area contributed by atoms with Crippen molar-refractivity contribution in [3.8, 4) is 0 Å². The van der Waals surface area contributed by atoms with E-state index in [-0.39, 0.29) is 16.6 Å². The number of hydrogen-bond donors (Lipinski definition) is 1. The maximum Gasteiger partial charge on any atom is 0.249 e. The average molecular weight is 521 g/mol. The second kappa shape index (κ2) is 12.6. The Balaban J connectivity index is 1.22. The molecule has 4 aliphatic rings. The van der Waals surface area contributed by atoms with Crippen LogP contribution in [0.1, 0.15) is 82.9 Å². The standard InChI is InChI=1S/C31H44N4OS/c1-3-37(29-16-8-12-26-14-9-17-32-30(26)29)33-28-15-7-13-27(22-24(28)2)31(36)35-20-18-34(19-21-35)23-25-10-5-4-6-11-25/h3,9,14,16-17,22,25,33H,4-8,10-13,15,18-21,23H2,1-2H3. The van der Waals surface area contributed by atoms with Crippen molar-refractivity contribution in [3.05, 3.63) is 58.6 Å². The minimum atomic E-state index is -0.203. The SMILES string of the molecule is C/C=S(\NC1=C(C)C=C(C(=O)N2CCN(CC3CCCCC3)CC2)CCC1)C1=CCCc2cccnc21. The molecule has 0 aromatic carbocycles. The van der Waals surface area contributed by atoms with Crippen molar-refractivity contribution in [1.82, 2.24) is 19.5 Å². The van der Waals surface area contributed by atoms with Gasteiger partial charge in [-0.1, -0.05) is 42.1 Å². The van der Waals surface area contributed by atoms with E-state index in [9.17, 15) is 4.79 Å². The number of amides is 1. The number of fused-ring (bicyclic) bond motifs is 1. The Labute approximate surface area is 226 Å². The van der Waals surface area contributed by atoms with E-state index in [1.54, 1.807) is 0 Å². The molecule has 1 aliphatic heterocycles. The molecule has 1 unspecified atom stereocenters. The van der Waals surface area contributed by atoms with Gasteiger partial charge >= 0.3 is 0 Å². The molecule has 1 saturated heterocycles. The van der Waals surface area contributed by atoms with Crippen molar-refractivity contribution in [2.45, 2.75) is 78.1 Å². The predicted octanol–water partition coefficient (Wildman–Crippen LogP) is 6.07. The summed E-state index contributed by atoms with van der Waals surface area (Å²) in [6.07, 6.45) is 18.4. The smallest absolute Gasteiger partial charge is 0.249 e. The van der Waals surface area contributed by atoms with Gasteiger partial charge in [-0.25, -0.2) is 0 Å². The lowest BCUT2D eigenvalue weighted by atomic mass is 9.89. The van der Waals surface area contributed by atoms with Crippen LogP contribution in [0.5, 0.6) is 0 Å². The Kier molecular flexibility index (Phi) is 8.98. The molecule has 0 spiro atoms. The number of nitrogens with one attached hydrogen (secondary N) is 1. The molecule has 0 bridgehead atoms. The Morgan fingerprint density at radius 1 is 1.11 bits per heavy atom. The summed E-state index contributed by atoms with van der Waals surface area (Å²) in [6, 6.07) is 4.25. The minimum Gasteiger partial charge on any atom is -0.336 e. The summed E-state index contributed by atoms with van der Waals surface area (Å²) >= 11 is 0. The van der Waals surface area contributed by atoms with Gasteiger partial charge in [0, 0.05) is 55.1 Å². The van der Waals surface area contributed by atoms with Gasteiger partial charge in [-0.3, -0.25) is 14.7 Å². The van der Waals surface area contributed by atoms with Crippen LogP contribution in [0.25, 0.3) is 4.91 Å². The van der Waals surface area contributed by atoms with Crippen LogP contribution in [0.15, 0.2) is 47.3 Å². The molecule has 1 atom stereocenters. The first-order valence-corrected chi connectivity index (χ1v) is 15.8. The van der Waals surface area contributed by atoms with E-state index in [4.69, 9.17) is 4.98 Å². The summed E-state index contributed by atoms with van der Waals surface area (Å²) in [4.78, 5) is 24.2. The first-order chi connectivity index (χ1) is 18.1. The second-order valence-corrected chi connectivity index (χ2v) is 12.9. The molecule has 2 fully saturated rings. The van der Waals surface area contributed by atoms with Crippen LogP contribution in [0, 0.1) is 5.92 Å². The Bertz CT molecular complexity index is 1100. The second-order valence-electron chi connectivity index (χ2n) is 11.1. The molecule has 5 nitrogen and oxygen atoms in total. The quantitative estimate of drug-likeness (QED) is 0.462. The lowest BCUT2D eigenvalue weighted by Gasteiger charge is -2.37. The van der Waals surface area contributed by atoms with Crippen LogP contribution in [0.2, 0.25) is 0 Å². The fourth-order valence-corrected chi connectivity index (χ4v) is 8.03. The molecule has 1 N–H and O–H groups in total. The first kappa shape index (κ1) is 26.4. The number of hydrogen-bond acceptors (Lipinski definition) is 4. The number of allylic oxidation sites excluding steroid dienone is 4. The molecular formula is C31H44N4OS. The highest BCUT2D eigenvalue weighted by atomic mass is 32.2. The highest BCUT2D eigenvalue weighted by Gasteiger charge is 2.26. The zero-order valence-corrected chi connectivity index (χ0v) is 23.6. The zero-order valence-electron chi connectivity index (χ0n) is 22.8. The number of pyridine rings is 1. The van der Waals surface area contributed by atoms with E-state index in [0.29, 0.717) is 0 Å². The average Bonchev–Trinajstić information content (AvgIpc) is 3.13. The van der Waals surface area contributed by atoms with Crippen LogP contribution in [-0.4, -0.2) is 58.8 Å². The summed E-state index contributed by atoms with van der Waals surface area (Å²) < 4.78 is 3.86. The summed E-state index contributed by atoms with van der Waals surface area (Å²) in [7, 11) is -0.203. The van der Waals surface area contributed by atoms with Crippen molar-refractivity contribution in [1.29, 1.82) is 0 Å². The van der Waals surface area contributed by atoms with Crippen LogP contribution in [-0.2, 0) is 11.2 Å². The lowest BCUT2D eigenvalue weighted by molar-refractivity contribution is -0.129. The third kappa shape index (κ3) is 6.46. The number of piperazine rings is 1. The van der Waals surface area contributed by atoms with Crippen LogP contribution >= 0.6 is 10.7 Å². The van der Waals surface area contributed by atoms with Gasteiger partial charge in [-0.15, -0.1) is 0 Å². The largest absolute Gasteiger partial charge is 0.336 e. The number of aromatic nitrogens is 1. The maximum atomic E-state index is 13.5. The van der Waals surface area contributed by atoms with Gasteiger partial charge in [0.25, 0.3) is 0 Å². The number of carbonyl (C=O) groups is 1. The zero-order chi connectivity index (χ0) is 25.6.